The first-order chi connectivity index (χ1) is 16.7. The number of nitrogens with zero attached hydrogens (tertiary/aromatic N) is 6. The van der Waals surface area contributed by atoms with Crippen molar-refractivity contribution < 1.29 is 9.59 Å². The maximum absolute atomic E-state index is 13.1. The number of amides is 3. The summed E-state index contributed by atoms with van der Waals surface area (Å²) in [6.07, 6.45) is 0.836. The van der Waals surface area contributed by atoms with Crippen LogP contribution in [0.5, 0.6) is 0 Å². The highest BCUT2D eigenvalue weighted by Crippen LogP contribution is 2.20. The number of nitrogens with one attached hydrogen (secondary N) is 1. The van der Waals surface area contributed by atoms with Gasteiger partial charge in [-0.1, -0.05) is 29.8 Å². The van der Waals surface area contributed by atoms with Crippen LogP contribution >= 0.6 is 0 Å². The number of likely N-dealkylation sites (N-methyl/N-ethyl adjacent to an activating group) is 1. The average Bonchev–Trinajstić information content (AvgIpc) is 3.08. The second kappa shape index (κ2) is 12.5. The molecule has 1 fully saturated rings. The summed E-state index contributed by atoms with van der Waals surface area (Å²) in [7, 11) is 3.92. The fraction of sp³-hybridized carbons (Fsp3) is 0.538. The maximum atomic E-state index is 13.1. The third-order valence-corrected chi connectivity index (χ3v) is 6.01. The topological polar surface area (TPSA) is 84.9 Å². The SMILES string of the molecule is Cc1ccc(-c2ccc(N3CCCN(C(=O)CN(CCN(C)C)C(=O)NC(C)C)CC3)nn2)cc1. The molecule has 0 saturated carbocycles. The van der Waals surface area contributed by atoms with Crippen molar-refractivity contribution in [2.45, 2.75) is 33.2 Å². The van der Waals surface area contributed by atoms with Gasteiger partial charge in [0.05, 0.1) is 5.69 Å². The Morgan fingerprint density at radius 2 is 1.71 bits per heavy atom. The van der Waals surface area contributed by atoms with Crippen LogP contribution in [-0.2, 0) is 4.79 Å². The zero-order valence-electron chi connectivity index (χ0n) is 21.7. The molecule has 0 unspecified atom stereocenters. The maximum Gasteiger partial charge on any atom is 0.318 e. The van der Waals surface area contributed by atoms with E-state index in [1.807, 2.05) is 49.9 Å². The highest BCUT2D eigenvalue weighted by atomic mass is 16.2. The summed E-state index contributed by atoms with van der Waals surface area (Å²) in [6, 6.07) is 12.1. The zero-order valence-corrected chi connectivity index (χ0v) is 21.7. The van der Waals surface area contributed by atoms with Crippen LogP contribution in [-0.4, -0.2) is 103 Å². The molecule has 9 heteroatoms. The van der Waals surface area contributed by atoms with Crippen LogP contribution in [0, 0.1) is 6.92 Å². The molecule has 1 aromatic heterocycles. The molecular formula is C26H39N7O2. The Morgan fingerprint density at radius 1 is 0.971 bits per heavy atom. The molecule has 1 aromatic carbocycles. The monoisotopic (exact) mass is 481 g/mol. The van der Waals surface area contributed by atoms with E-state index in [9.17, 15) is 9.59 Å². The van der Waals surface area contributed by atoms with Crippen molar-refractivity contribution in [3.63, 3.8) is 0 Å². The Morgan fingerprint density at radius 3 is 2.34 bits per heavy atom. The molecule has 3 rings (SSSR count). The van der Waals surface area contributed by atoms with Gasteiger partial charge in [0.15, 0.2) is 5.82 Å². The van der Waals surface area contributed by atoms with Gasteiger partial charge in [-0.05, 0) is 53.4 Å². The minimum absolute atomic E-state index is 0.0182. The van der Waals surface area contributed by atoms with E-state index in [0.717, 1.165) is 30.0 Å². The van der Waals surface area contributed by atoms with Crippen molar-refractivity contribution in [2.24, 2.45) is 0 Å². The first kappa shape index (κ1) is 26.4. The highest BCUT2D eigenvalue weighted by molar-refractivity contribution is 5.84. The molecule has 0 spiro atoms. The fourth-order valence-electron chi connectivity index (χ4n) is 3.94. The minimum atomic E-state index is -0.199. The summed E-state index contributed by atoms with van der Waals surface area (Å²) in [6.45, 7) is 9.92. The lowest BCUT2D eigenvalue weighted by Gasteiger charge is -2.28. The minimum Gasteiger partial charge on any atom is -0.353 e. The number of anilines is 1. The third-order valence-electron chi connectivity index (χ3n) is 6.01. The van der Waals surface area contributed by atoms with E-state index in [1.165, 1.54) is 5.56 Å². The second-order valence-electron chi connectivity index (χ2n) is 9.69. The molecule has 0 radical (unpaired) electrons. The molecule has 0 aliphatic carbocycles. The van der Waals surface area contributed by atoms with Crippen molar-refractivity contribution in [1.29, 1.82) is 0 Å². The molecule has 0 bridgehead atoms. The molecule has 2 aromatic rings. The number of rotatable bonds is 8. The van der Waals surface area contributed by atoms with Gasteiger partial charge in [0.1, 0.15) is 6.54 Å². The molecule has 190 valence electrons. The van der Waals surface area contributed by atoms with Crippen LogP contribution in [0.4, 0.5) is 10.6 Å². The number of carbonyl (C=O) groups is 2. The highest BCUT2D eigenvalue weighted by Gasteiger charge is 2.24. The van der Waals surface area contributed by atoms with Crippen molar-refractivity contribution >= 4 is 17.8 Å². The van der Waals surface area contributed by atoms with Gasteiger partial charge in [-0.25, -0.2) is 4.79 Å². The quantitative estimate of drug-likeness (QED) is 0.624. The van der Waals surface area contributed by atoms with E-state index in [0.29, 0.717) is 32.7 Å². The standard InChI is InChI=1S/C26H39N7O2/c1-20(2)27-26(35)33(16-15-30(4)5)19-25(34)32-14-6-13-31(17-18-32)24-12-11-23(28-29-24)22-9-7-21(3)8-10-22/h7-12,20H,6,13-19H2,1-5H3,(H,27,35). The summed E-state index contributed by atoms with van der Waals surface area (Å²) in [5, 5.41) is 11.8. The smallest absolute Gasteiger partial charge is 0.318 e. The first-order valence-electron chi connectivity index (χ1n) is 12.4. The number of carbonyl (C=O) groups excluding carboxylic acids is 2. The van der Waals surface area contributed by atoms with Crippen LogP contribution in [0.15, 0.2) is 36.4 Å². The molecule has 35 heavy (non-hydrogen) atoms. The Kier molecular flexibility index (Phi) is 9.42. The number of hydrogen-bond acceptors (Lipinski definition) is 6. The predicted molar refractivity (Wildman–Crippen MR) is 139 cm³/mol. The van der Waals surface area contributed by atoms with E-state index in [4.69, 9.17) is 0 Å². The lowest BCUT2D eigenvalue weighted by Crippen LogP contribution is -2.50. The fourth-order valence-corrected chi connectivity index (χ4v) is 3.94. The number of urea groups is 1. The van der Waals surface area contributed by atoms with Crippen LogP contribution in [0.2, 0.25) is 0 Å². The van der Waals surface area contributed by atoms with E-state index in [1.54, 1.807) is 4.90 Å². The molecular weight excluding hydrogens is 442 g/mol. The van der Waals surface area contributed by atoms with Gasteiger partial charge in [0, 0.05) is 50.9 Å². The van der Waals surface area contributed by atoms with Gasteiger partial charge >= 0.3 is 6.03 Å². The Balaban J connectivity index is 1.59. The van der Waals surface area contributed by atoms with E-state index >= 15 is 0 Å². The molecule has 1 aliphatic heterocycles. The van der Waals surface area contributed by atoms with Crippen LogP contribution in [0.25, 0.3) is 11.3 Å². The van der Waals surface area contributed by atoms with Crippen LogP contribution in [0.3, 0.4) is 0 Å². The number of hydrogen-bond donors (Lipinski definition) is 1. The van der Waals surface area contributed by atoms with Gasteiger partial charge in [0.2, 0.25) is 5.91 Å². The normalized spacial score (nSPS) is 14.3. The molecule has 3 amide bonds. The number of aryl methyl sites for hydroxylation is 1. The van der Waals surface area contributed by atoms with Gasteiger partial charge in [-0.3, -0.25) is 4.79 Å². The summed E-state index contributed by atoms with van der Waals surface area (Å²) in [4.78, 5) is 33.4. The van der Waals surface area contributed by atoms with Crippen molar-refractivity contribution in [2.75, 3.05) is 64.8 Å². The predicted octanol–water partition coefficient (Wildman–Crippen LogP) is 2.47. The summed E-state index contributed by atoms with van der Waals surface area (Å²) >= 11 is 0. The first-order valence-corrected chi connectivity index (χ1v) is 12.4. The second-order valence-corrected chi connectivity index (χ2v) is 9.69. The third kappa shape index (κ3) is 7.92. The number of benzene rings is 1. The van der Waals surface area contributed by atoms with Crippen LogP contribution < -0.4 is 10.2 Å². The van der Waals surface area contributed by atoms with Crippen molar-refractivity contribution in [3.8, 4) is 11.3 Å². The Labute approximate surface area is 209 Å². The average molecular weight is 482 g/mol. The van der Waals surface area contributed by atoms with E-state index in [-0.39, 0.29) is 24.5 Å². The van der Waals surface area contributed by atoms with Gasteiger partial charge < -0.3 is 24.9 Å². The summed E-state index contributed by atoms with van der Waals surface area (Å²) in [5.74, 6) is 0.796. The van der Waals surface area contributed by atoms with Crippen molar-refractivity contribution in [1.82, 2.24) is 30.2 Å². The molecule has 0 atom stereocenters. The Hall–Kier alpha value is -3.20. The Bertz CT molecular complexity index is 961. The molecule has 1 saturated heterocycles. The van der Waals surface area contributed by atoms with Gasteiger partial charge in [-0.2, -0.15) is 0 Å². The molecule has 1 aliphatic rings. The van der Waals surface area contributed by atoms with Crippen molar-refractivity contribution in [3.05, 3.63) is 42.0 Å². The summed E-state index contributed by atoms with van der Waals surface area (Å²) < 4.78 is 0. The lowest BCUT2D eigenvalue weighted by atomic mass is 10.1. The van der Waals surface area contributed by atoms with Crippen LogP contribution in [0.1, 0.15) is 25.8 Å². The summed E-state index contributed by atoms with van der Waals surface area (Å²) in [5.41, 5.74) is 3.10. The largest absolute Gasteiger partial charge is 0.353 e. The van der Waals surface area contributed by atoms with Gasteiger partial charge in [-0.15, -0.1) is 10.2 Å². The zero-order chi connectivity index (χ0) is 25.4. The molecule has 1 N–H and O–H groups in total. The van der Waals surface area contributed by atoms with Gasteiger partial charge in [0.25, 0.3) is 0 Å². The lowest BCUT2D eigenvalue weighted by molar-refractivity contribution is -0.131. The van der Waals surface area contributed by atoms with E-state index in [2.05, 4.69) is 51.6 Å². The van der Waals surface area contributed by atoms with E-state index < -0.39 is 0 Å². The molecule has 2 heterocycles. The number of aromatic nitrogens is 2. The molecule has 9 nitrogen and oxygen atoms in total.